The molecule has 0 aromatic heterocycles. The topological polar surface area (TPSA) is 49.3 Å². The predicted molar refractivity (Wildman–Crippen MR) is 75.7 cm³/mol. The number of carbonyl (C=O) groups excluding carboxylic acids is 1. The number of rotatable bonds is 5. The maximum Gasteiger partial charge on any atom is 0.220 e. The minimum absolute atomic E-state index is 0.0848. The number of hydrogen-bond acceptors (Lipinski definition) is 2. The van der Waals surface area contributed by atoms with Gasteiger partial charge in [-0.25, -0.2) is 0 Å². The lowest BCUT2D eigenvalue weighted by Gasteiger charge is -2.27. The molecule has 0 radical (unpaired) electrons. The van der Waals surface area contributed by atoms with Gasteiger partial charge in [0.1, 0.15) is 0 Å². The number of carbonyl (C=O) groups is 1. The van der Waals surface area contributed by atoms with E-state index in [1.54, 1.807) is 0 Å². The van der Waals surface area contributed by atoms with Crippen LogP contribution in [0.1, 0.15) is 37.7 Å². The van der Waals surface area contributed by atoms with E-state index in [0.29, 0.717) is 13.0 Å². The molecule has 0 saturated heterocycles. The quantitative estimate of drug-likeness (QED) is 0.854. The van der Waals surface area contributed by atoms with Crippen LogP contribution >= 0.6 is 0 Å². The van der Waals surface area contributed by atoms with Gasteiger partial charge in [-0.1, -0.05) is 43.2 Å². The van der Waals surface area contributed by atoms with Crippen LogP contribution in [-0.4, -0.2) is 23.7 Å². The van der Waals surface area contributed by atoms with Crippen molar-refractivity contribution in [1.82, 2.24) is 5.32 Å². The second-order valence-electron chi connectivity index (χ2n) is 5.40. The van der Waals surface area contributed by atoms with Gasteiger partial charge in [-0.05, 0) is 24.8 Å². The number of benzene rings is 1. The highest BCUT2D eigenvalue weighted by Gasteiger charge is 2.23. The van der Waals surface area contributed by atoms with Crippen LogP contribution in [0.4, 0.5) is 0 Å². The van der Waals surface area contributed by atoms with E-state index >= 15 is 0 Å². The number of aliphatic hydroxyl groups is 1. The Kier molecular flexibility index (Phi) is 5.40. The van der Waals surface area contributed by atoms with Crippen molar-refractivity contribution >= 4 is 5.91 Å². The minimum Gasteiger partial charge on any atom is -0.393 e. The van der Waals surface area contributed by atoms with Crippen molar-refractivity contribution in [1.29, 1.82) is 0 Å². The summed E-state index contributed by atoms with van der Waals surface area (Å²) in [5.41, 5.74) is 1.19. The van der Waals surface area contributed by atoms with E-state index in [-0.39, 0.29) is 17.9 Å². The number of aliphatic hydroxyl groups excluding tert-OH is 1. The average Bonchev–Trinajstić information content (AvgIpc) is 2.45. The molecule has 0 heterocycles. The first-order valence-corrected chi connectivity index (χ1v) is 7.24. The zero-order valence-corrected chi connectivity index (χ0v) is 11.3. The van der Waals surface area contributed by atoms with E-state index in [2.05, 4.69) is 5.32 Å². The van der Waals surface area contributed by atoms with Gasteiger partial charge in [-0.2, -0.15) is 0 Å². The molecular formula is C16H23NO2. The Morgan fingerprint density at radius 3 is 2.68 bits per heavy atom. The highest BCUT2D eigenvalue weighted by atomic mass is 16.3. The van der Waals surface area contributed by atoms with Crippen molar-refractivity contribution in [2.45, 2.75) is 44.6 Å². The molecule has 0 spiro atoms. The lowest BCUT2D eigenvalue weighted by atomic mass is 9.86. The molecule has 3 heteroatoms. The fourth-order valence-electron chi connectivity index (χ4n) is 2.66. The van der Waals surface area contributed by atoms with Crippen LogP contribution in [-0.2, 0) is 11.2 Å². The first kappa shape index (κ1) is 14.1. The molecule has 1 aromatic rings. The van der Waals surface area contributed by atoms with Crippen LogP contribution in [0, 0.1) is 5.92 Å². The van der Waals surface area contributed by atoms with Gasteiger partial charge in [0, 0.05) is 18.9 Å². The summed E-state index contributed by atoms with van der Waals surface area (Å²) in [7, 11) is 0. The molecule has 2 N–H and O–H groups in total. The highest BCUT2D eigenvalue weighted by molar-refractivity contribution is 5.76. The molecule has 19 heavy (non-hydrogen) atoms. The Labute approximate surface area is 115 Å². The van der Waals surface area contributed by atoms with Gasteiger partial charge in [0.25, 0.3) is 0 Å². The third-order valence-corrected chi connectivity index (χ3v) is 3.91. The summed E-state index contributed by atoms with van der Waals surface area (Å²) in [6.45, 7) is 0.620. The molecule has 2 rings (SSSR count). The molecule has 1 aliphatic rings. The Morgan fingerprint density at radius 1 is 1.21 bits per heavy atom. The van der Waals surface area contributed by atoms with Crippen LogP contribution in [0.15, 0.2) is 30.3 Å². The molecule has 1 aliphatic carbocycles. The largest absolute Gasteiger partial charge is 0.393 e. The highest BCUT2D eigenvalue weighted by Crippen LogP contribution is 2.23. The van der Waals surface area contributed by atoms with Crippen molar-refractivity contribution in [3.8, 4) is 0 Å². The number of aryl methyl sites for hydroxylation is 1. The van der Waals surface area contributed by atoms with Gasteiger partial charge < -0.3 is 10.4 Å². The van der Waals surface area contributed by atoms with Crippen molar-refractivity contribution in [3.63, 3.8) is 0 Å². The van der Waals surface area contributed by atoms with Gasteiger partial charge in [-0.3, -0.25) is 4.79 Å². The number of amides is 1. The summed E-state index contributed by atoms with van der Waals surface area (Å²) in [6, 6.07) is 10.0. The van der Waals surface area contributed by atoms with Gasteiger partial charge in [0.05, 0.1) is 6.10 Å². The van der Waals surface area contributed by atoms with E-state index < -0.39 is 0 Å². The fourth-order valence-corrected chi connectivity index (χ4v) is 2.66. The SMILES string of the molecule is O=C(CCc1ccccc1)NCC1CCCCC1O. The monoisotopic (exact) mass is 261 g/mol. The fraction of sp³-hybridized carbons (Fsp3) is 0.562. The summed E-state index contributed by atoms with van der Waals surface area (Å²) in [6.07, 6.45) is 5.25. The second kappa shape index (κ2) is 7.29. The second-order valence-corrected chi connectivity index (χ2v) is 5.40. The van der Waals surface area contributed by atoms with E-state index in [4.69, 9.17) is 0 Å². The molecule has 0 bridgehead atoms. The van der Waals surface area contributed by atoms with E-state index in [0.717, 1.165) is 25.7 Å². The lowest BCUT2D eigenvalue weighted by Crippen LogP contribution is -2.36. The van der Waals surface area contributed by atoms with Gasteiger partial charge in [0.15, 0.2) is 0 Å². The molecule has 1 saturated carbocycles. The molecule has 2 unspecified atom stereocenters. The zero-order valence-electron chi connectivity index (χ0n) is 11.3. The van der Waals surface area contributed by atoms with Crippen LogP contribution in [0.2, 0.25) is 0 Å². The zero-order chi connectivity index (χ0) is 13.5. The summed E-state index contributed by atoms with van der Waals surface area (Å²) < 4.78 is 0. The normalized spacial score (nSPS) is 23.0. The lowest BCUT2D eigenvalue weighted by molar-refractivity contribution is -0.121. The molecule has 1 aromatic carbocycles. The summed E-state index contributed by atoms with van der Waals surface area (Å²) in [5, 5.41) is 12.8. The minimum atomic E-state index is -0.233. The Bertz CT molecular complexity index is 391. The summed E-state index contributed by atoms with van der Waals surface area (Å²) in [5.74, 6) is 0.330. The Hall–Kier alpha value is -1.35. The molecular weight excluding hydrogens is 238 g/mol. The molecule has 1 fully saturated rings. The standard InChI is InChI=1S/C16H23NO2/c18-15-9-5-4-8-14(15)12-17-16(19)11-10-13-6-2-1-3-7-13/h1-3,6-7,14-15,18H,4-5,8-12H2,(H,17,19). The summed E-state index contributed by atoms with van der Waals surface area (Å²) in [4.78, 5) is 11.8. The maximum atomic E-state index is 11.8. The third kappa shape index (κ3) is 4.67. The van der Waals surface area contributed by atoms with Crippen molar-refractivity contribution in [2.75, 3.05) is 6.54 Å². The van der Waals surface area contributed by atoms with Gasteiger partial charge >= 0.3 is 0 Å². The summed E-state index contributed by atoms with van der Waals surface area (Å²) >= 11 is 0. The van der Waals surface area contributed by atoms with Crippen molar-refractivity contribution < 1.29 is 9.90 Å². The third-order valence-electron chi connectivity index (χ3n) is 3.91. The Morgan fingerprint density at radius 2 is 1.95 bits per heavy atom. The van der Waals surface area contributed by atoms with Crippen LogP contribution in [0.5, 0.6) is 0 Å². The number of nitrogens with one attached hydrogen (secondary N) is 1. The molecule has 1 amide bonds. The molecule has 104 valence electrons. The average molecular weight is 261 g/mol. The van der Waals surface area contributed by atoms with Crippen molar-refractivity contribution in [2.24, 2.45) is 5.92 Å². The smallest absolute Gasteiger partial charge is 0.220 e. The Balaban J connectivity index is 1.67. The number of hydrogen-bond donors (Lipinski definition) is 2. The predicted octanol–water partition coefficient (Wildman–Crippen LogP) is 2.29. The van der Waals surface area contributed by atoms with Crippen molar-refractivity contribution in [3.05, 3.63) is 35.9 Å². The molecule has 2 atom stereocenters. The van der Waals surface area contributed by atoms with E-state index in [1.807, 2.05) is 30.3 Å². The van der Waals surface area contributed by atoms with Gasteiger partial charge in [-0.15, -0.1) is 0 Å². The van der Waals surface area contributed by atoms with Gasteiger partial charge in [0.2, 0.25) is 5.91 Å². The molecule has 3 nitrogen and oxygen atoms in total. The van der Waals surface area contributed by atoms with E-state index in [1.165, 1.54) is 12.0 Å². The van der Waals surface area contributed by atoms with Crippen LogP contribution in [0.25, 0.3) is 0 Å². The first-order valence-electron chi connectivity index (χ1n) is 7.24. The van der Waals surface area contributed by atoms with Crippen LogP contribution in [0.3, 0.4) is 0 Å². The van der Waals surface area contributed by atoms with Crippen LogP contribution < -0.4 is 5.32 Å². The maximum absolute atomic E-state index is 11.8. The molecule has 0 aliphatic heterocycles. The first-order chi connectivity index (χ1) is 9.25. The van der Waals surface area contributed by atoms with E-state index in [9.17, 15) is 9.90 Å².